The van der Waals surface area contributed by atoms with Crippen LogP contribution in [0.2, 0.25) is 0 Å². The molecule has 0 aliphatic rings. The van der Waals surface area contributed by atoms with Gasteiger partial charge >= 0.3 is 12.2 Å². The van der Waals surface area contributed by atoms with Gasteiger partial charge in [0.05, 0.1) is 5.56 Å². The van der Waals surface area contributed by atoms with E-state index in [2.05, 4.69) is 10.6 Å². The van der Waals surface area contributed by atoms with Gasteiger partial charge in [0, 0.05) is 17.1 Å². The molecule has 0 spiro atoms. The summed E-state index contributed by atoms with van der Waals surface area (Å²) in [4.78, 5) is 11.7. The van der Waals surface area contributed by atoms with Crippen molar-refractivity contribution in [2.75, 3.05) is 16.4 Å². The summed E-state index contributed by atoms with van der Waals surface area (Å²) in [6.45, 7) is 0. The van der Waals surface area contributed by atoms with Crippen molar-refractivity contribution in [1.29, 1.82) is 0 Å². The van der Waals surface area contributed by atoms with E-state index < -0.39 is 17.8 Å². The maximum Gasteiger partial charge on any atom is 0.416 e. The Morgan fingerprint density at radius 2 is 1.57 bits per heavy atom. The Labute approximate surface area is 118 Å². The third-order valence-corrected chi connectivity index (χ3v) is 2.62. The Morgan fingerprint density at radius 1 is 0.952 bits per heavy atom. The molecule has 0 atom stereocenters. The van der Waals surface area contributed by atoms with Gasteiger partial charge in [-0.2, -0.15) is 13.2 Å². The lowest BCUT2D eigenvalue weighted by Crippen LogP contribution is -2.19. The van der Waals surface area contributed by atoms with E-state index in [4.69, 9.17) is 5.73 Å². The molecule has 4 N–H and O–H groups in total. The molecule has 4 nitrogen and oxygen atoms in total. The summed E-state index contributed by atoms with van der Waals surface area (Å²) in [5.41, 5.74) is 5.75. The predicted molar refractivity (Wildman–Crippen MR) is 74.9 cm³/mol. The Balaban J connectivity index is 2.04. The van der Waals surface area contributed by atoms with Gasteiger partial charge in [-0.1, -0.05) is 6.07 Å². The zero-order valence-corrected chi connectivity index (χ0v) is 10.7. The standard InChI is InChI=1S/C14H12F3N3O/c15-14(16,17)9-2-1-3-12(8-9)20-13(21)19-11-6-4-10(18)5-7-11/h1-8H,18H2,(H2,19,20,21). The fraction of sp³-hybridized carbons (Fsp3) is 0.0714. The summed E-state index contributed by atoms with van der Waals surface area (Å²) in [6.07, 6.45) is -4.45. The summed E-state index contributed by atoms with van der Waals surface area (Å²) in [6, 6.07) is 10.1. The number of hydrogen-bond donors (Lipinski definition) is 3. The van der Waals surface area contributed by atoms with Crippen LogP contribution in [0.15, 0.2) is 48.5 Å². The average molecular weight is 295 g/mol. The van der Waals surface area contributed by atoms with Crippen LogP contribution >= 0.6 is 0 Å². The minimum Gasteiger partial charge on any atom is -0.399 e. The fourth-order valence-corrected chi connectivity index (χ4v) is 1.63. The summed E-state index contributed by atoms with van der Waals surface area (Å²) in [5.74, 6) is 0. The van der Waals surface area contributed by atoms with E-state index in [0.29, 0.717) is 11.4 Å². The number of nitrogens with two attached hydrogens (primary N) is 1. The second kappa shape index (κ2) is 5.74. The van der Waals surface area contributed by atoms with Gasteiger partial charge in [-0.25, -0.2) is 4.79 Å². The number of benzene rings is 2. The molecule has 0 unspecified atom stereocenters. The molecule has 110 valence electrons. The van der Waals surface area contributed by atoms with Crippen LogP contribution in [0.1, 0.15) is 5.56 Å². The Bertz CT molecular complexity index is 639. The smallest absolute Gasteiger partial charge is 0.399 e. The van der Waals surface area contributed by atoms with E-state index >= 15 is 0 Å². The summed E-state index contributed by atoms with van der Waals surface area (Å²) in [5, 5.41) is 4.83. The van der Waals surface area contributed by atoms with Crippen molar-refractivity contribution in [1.82, 2.24) is 0 Å². The molecule has 0 saturated heterocycles. The first-order chi connectivity index (χ1) is 9.84. The van der Waals surface area contributed by atoms with E-state index in [1.54, 1.807) is 24.3 Å². The first kappa shape index (κ1) is 14.7. The van der Waals surface area contributed by atoms with E-state index in [0.717, 1.165) is 12.1 Å². The largest absolute Gasteiger partial charge is 0.416 e. The van der Waals surface area contributed by atoms with Gasteiger partial charge in [0.25, 0.3) is 0 Å². The maximum absolute atomic E-state index is 12.5. The molecule has 0 heterocycles. The van der Waals surface area contributed by atoms with Crippen LogP contribution in [0.3, 0.4) is 0 Å². The number of hydrogen-bond acceptors (Lipinski definition) is 2. The Kier molecular flexibility index (Phi) is 4.02. The van der Waals surface area contributed by atoms with Crippen LogP contribution in [0.4, 0.5) is 35.0 Å². The molecule has 0 saturated carbocycles. The van der Waals surface area contributed by atoms with E-state index in [1.165, 1.54) is 12.1 Å². The number of anilines is 3. The number of carbonyl (C=O) groups excluding carboxylic acids is 1. The number of nitrogens with one attached hydrogen (secondary N) is 2. The van der Waals surface area contributed by atoms with Crippen LogP contribution in [-0.4, -0.2) is 6.03 Å². The van der Waals surface area contributed by atoms with Crippen molar-refractivity contribution in [3.8, 4) is 0 Å². The SMILES string of the molecule is Nc1ccc(NC(=O)Nc2cccc(C(F)(F)F)c2)cc1. The van der Waals surface area contributed by atoms with Gasteiger partial charge in [0.2, 0.25) is 0 Å². The van der Waals surface area contributed by atoms with Crippen LogP contribution in [0, 0.1) is 0 Å². The fourth-order valence-electron chi connectivity index (χ4n) is 1.63. The highest BCUT2D eigenvalue weighted by Crippen LogP contribution is 2.30. The number of nitrogen functional groups attached to an aromatic ring is 1. The first-order valence-electron chi connectivity index (χ1n) is 5.95. The summed E-state index contributed by atoms with van der Waals surface area (Å²) in [7, 11) is 0. The molecule has 7 heteroatoms. The quantitative estimate of drug-likeness (QED) is 0.735. The molecule has 0 fully saturated rings. The first-order valence-corrected chi connectivity index (χ1v) is 5.95. The lowest BCUT2D eigenvalue weighted by Gasteiger charge is -2.10. The molecule has 2 aromatic rings. The van der Waals surface area contributed by atoms with Crippen molar-refractivity contribution >= 4 is 23.1 Å². The molecule has 0 aliphatic carbocycles. The molecule has 2 amide bonds. The van der Waals surface area contributed by atoms with Crippen LogP contribution in [0.25, 0.3) is 0 Å². The number of rotatable bonds is 2. The number of carbonyl (C=O) groups is 1. The average Bonchev–Trinajstić information content (AvgIpc) is 2.41. The van der Waals surface area contributed by atoms with Gasteiger partial charge < -0.3 is 16.4 Å². The van der Waals surface area contributed by atoms with E-state index in [9.17, 15) is 18.0 Å². The number of amides is 2. The third-order valence-electron chi connectivity index (χ3n) is 2.62. The second-order valence-electron chi connectivity index (χ2n) is 4.28. The highest BCUT2D eigenvalue weighted by molar-refractivity contribution is 5.99. The zero-order valence-electron chi connectivity index (χ0n) is 10.7. The monoisotopic (exact) mass is 295 g/mol. The van der Waals surface area contributed by atoms with Crippen molar-refractivity contribution in [2.24, 2.45) is 0 Å². The van der Waals surface area contributed by atoms with Crippen molar-refractivity contribution in [3.05, 3.63) is 54.1 Å². The Morgan fingerprint density at radius 3 is 2.19 bits per heavy atom. The highest BCUT2D eigenvalue weighted by Gasteiger charge is 2.30. The maximum atomic E-state index is 12.5. The van der Waals surface area contributed by atoms with Crippen molar-refractivity contribution in [3.63, 3.8) is 0 Å². The molecule has 21 heavy (non-hydrogen) atoms. The van der Waals surface area contributed by atoms with E-state index in [1.807, 2.05) is 0 Å². The van der Waals surface area contributed by atoms with Crippen molar-refractivity contribution in [2.45, 2.75) is 6.18 Å². The minimum absolute atomic E-state index is 0.0535. The van der Waals surface area contributed by atoms with Gasteiger partial charge in [0.15, 0.2) is 0 Å². The highest BCUT2D eigenvalue weighted by atomic mass is 19.4. The summed E-state index contributed by atoms with van der Waals surface area (Å²) < 4.78 is 37.6. The minimum atomic E-state index is -4.45. The van der Waals surface area contributed by atoms with Gasteiger partial charge in [-0.15, -0.1) is 0 Å². The molecule has 0 bridgehead atoms. The molecule has 2 rings (SSSR count). The predicted octanol–water partition coefficient (Wildman–Crippen LogP) is 3.93. The molecular formula is C14H12F3N3O. The molecule has 0 aliphatic heterocycles. The van der Waals surface area contributed by atoms with Gasteiger partial charge in [0.1, 0.15) is 0 Å². The molecule has 0 aromatic heterocycles. The molecule has 2 aromatic carbocycles. The topological polar surface area (TPSA) is 67.1 Å². The van der Waals surface area contributed by atoms with Gasteiger partial charge in [-0.05, 0) is 42.5 Å². The Hall–Kier alpha value is -2.70. The summed E-state index contributed by atoms with van der Waals surface area (Å²) >= 11 is 0. The van der Waals surface area contributed by atoms with Crippen LogP contribution in [0.5, 0.6) is 0 Å². The second-order valence-corrected chi connectivity index (χ2v) is 4.28. The normalized spacial score (nSPS) is 11.0. The number of alkyl halides is 3. The van der Waals surface area contributed by atoms with Gasteiger partial charge in [-0.3, -0.25) is 0 Å². The van der Waals surface area contributed by atoms with Crippen LogP contribution < -0.4 is 16.4 Å². The van der Waals surface area contributed by atoms with E-state index in [-0.39, 0.29) is 5.69 Å². The zero-order chi connectivity index (χ0) is 15.5. The van der Waals surface area contributed by atoms with Crippen molar-refractivity contribution < 1.29 is 18.0 Å². The third kappa shape index (κ3) is 4.13. The van der Waals surface area contributed by atoms with Crippen LogP contribution in [-0.2, 0) is 6.18 Å². The molecular weight excluding hydrogens is 283 g/mol. The molecule has 0 radical (unpaired) electrons. The lowest BCUT2D eigenvalue weighted by atomic mass is 10.2. The lowest BCUT2D eigenvalue weighted by molar-refractivity contribution is -0.137. The number of halogens is 3. The number of urea groups is 1.